The highest BCUT2D eigenvalue weighted by Crippen LogP contribution is 2.33. The fourth-order valence-electron chi connectivity index (χ4n) is 2.25. The lowest BCUT2D eigenvalue weighted by molar-refractivity contribution is -0.120. The number of ether oxygens (including phenoxy) is 1. The molecule has 0 aliphatic carbocycles. The highest BCUT2D eigenvalue weighted by molar-refractivity contribution is 8.15. The van der Waals surface area contributed by atoms with Crippen LogP contribution in [0.1, 0.15) is 0 Å². The predicted molar refractivity (Wildman–Crippen MR) is 73.1 cm³/mol. The maximum absolute atomic E-state index is 12.4. The number of carbonyl (C=O) groups excluding carboxylic acids is 2. The number of amides is 2. The molecule has 2 amide bonds. The summed E-state index contributed by atoms with van der Waals surface area (Å²) >= 11 is 1.09. The average molecular weight is 278 g/mol. The van der Waals surface area contributed by atoms with E-state index in [0.29, 0.717) is 32.0 Å². The molecule has 0 unspecified atom stereocenters. The number of benzene rings is 1. The molecule has 6 heteroatoms. The van der Waals surface area contributed by atoms with Crippen molar-refractivity contribution in [1.29, 1.82) is 0 Å². The van der Waals surface area contributed by atoms with Crippen molar-refractivity contribution < 1.29 is 14.3 Å². The van der Waals surface area contributed by atoms with Gasteiger partial charge < -0.3 is 4.74 Å². The standard InChI is InChI=1S/C13H14N2O3S/c16-11-12(14-6-8-18-9-7-14)19-13(17)15(11)10-4-2-1-3-5-10/h1-5,12H,6-9H2/t12-/m0/s1. The van der Waals surface area contributed by atoms with E-state index >= 15 is 0 Å². The molecule has 0 spiro atoms. The number of carbonyl (C=O) groups is 2. The molecule has 0 saturated carbocycles. The Balaban J connectivity index is 1.81. The van der Waals surface area contributed by atoms with Crippen molar-refractivity contribution >= 4 is 28.6 Å². The lowest BCUT2D eigenvalue weighted by Crippen LogP contribution is -2.46. The summed E-state index contributed by atoms with van der Waals surface area (Å²) in [6, 6.07) is 9.06. The van der Waals surface area contributed by atoms with Gasteiger partial charge in [-0.15, -0.1) is 0 Å². The summed E-state index contributed by atoms with van der Waals surface area (Å²) in [5.41, 5.74) is 0.640. The van der Waals surface area contributed by atoms with Crippen molar-refractivity contribution in [2.45, 2.75) is 5.37 Å². The monoisotopic (exact) mass is 278 g/mol. The first-order valence-corrected chi connectivity index (χ1v) is 7.07. The number of rotatable bonds is 2. The molecule has 1 atom stereocenters. The van der Waals surface area contributed by atoms with E-state index in [4.69, 9.17) is 4.74 Å². The van der Waals surface area contributed by atoms with Crippen LogP contribution in [0.25, 0.3) is 0 Å². The van der Waals surface area contributed by atoms with Crippen LogP contribution in [0.2, 0.25) is 0 Å². The van der Waals surface area contributed by atoms with Crippen LogP contribution in [0.5, 0.6) is 0 Å². The molecule has 0 bridgehead atoms. The summed E-state index contributed by atoms with van der Waals surface area (Å²) < 4.78 is 5.27. The van der Waals surface area contributed by atoms with Crippen molar-refractivity contribution in [3.05, 3.63) is 30.3 Å². The quantitative estimate of drug-likeness (QED) is 0.821. The van der Waals surface area contributed by atoms with Gasteiger partial charge in [-0.25, -0.2) is 4.90 Å². The smallest absolute Gasteiger partial charge is 0.295 e. The SMILES string of the molecule is O=C1S[C@H](N2CCOCC2)C(=O)N1c1ccccc1. The van der Waals surface area contributed by atoms with Crippen LogP contribution in [0, 0.1) is 0 Å². The first-order valence-electron chi connectivity index (χ1n) is 6.19. The highest BCUT2D eigenvalue weighted by Gasteiger charge is 2.43. The maximum atomic E-state index is 12.4. The van der Waals surface area contributed by atoms with E-state index in [-0.39, 0.29) is 11.1 Å². The minimum atomic E-state index is -0.406. The van der Waals surface area contributed by atoms with Gasteiger partial charge >= 0.3 is 0 Å². The van der Waals surface area contributed by atoms with Crippen molar-refractivity contribution in [2.24, 2.45) is 0 Å². The zero-order valence-corrected chi connectivity index (χ0v) is 11.1. The van der Waals surface area contributed by atoms with Crippen LogP contribution in [0.4, 0.5) is 10.5 Å². The second-order valence-corrected chi connectivity index (χ2v) is 5.43. The van der Waals surface area contributed by atoms with Crippen molar-refractivity contribution in [3.63, 3.8) is 0 Å². The third-order valence-corrected chi connectivity index (χ3v) is 4.33. The van der Waals surface area contributed by atoms with Crippen LogP contribution in [0.3, 0.4) is 0 Å². The van der Waals surface area contributed by atoms with Crippen LogP contribution in [0.15, 0.2) is 30.3 Å². The van der Waals surface area contributed by atoms with Gasteiger partial charge in [-0.1, -0.05) is 18.2 Å². The Kier molecular flexibility index (Phi) is 3.54. The molecule has 5 nitrogen and oxygen atoms in total. The number of para-hydroxylation sites is 1. The molecular weight excluding hydrogens is 264 g/mol. The van der Waals surface area contributed by atoms with Gasteiger partial charge in [0.25, 0.3) is 11.1 Å². The van der Waals surface area contributed by atoms with Gasteiger partial charge in [0.05, 0.1) is 18.9 Å². The van der Waals surface area contributed by atoms with E-state index in [2.05, 4.69) is 0 Å². The fourth-order valence-corrected chi connectivity index (χ4v) is 3.31. The van der Waals surface area contributed by atoms with Crippen molar-refractivity contribution in [1.82, 2.24) is 4.90 Å². The minimum Gasteiger partial charge on any atom is -0.379 e. The largest absolute Gasteiger partial charge is 0.379 e. The molecule has 3 rings (SSSR count). The van der Waals surface area contributed by atoms with Crippen molar-refractivity contribution in [3.8, 4) is 0 Å². The van der Waals surface area contributed by atoms with Gasteiger partial charge in [0.2, 0.25) is 0 Å². The normalized spacial score (nSPS) is 25.1. The summed E-state index contributed by atoms with van der Waals surface area (Å²) in [5, 5.41) is -0.607. The van der Waals surface area contributed by atoms with Crippen LogP contribution >= 0.6 is 11.8 Å². The third kappa shape index (κ3) is 2.39. The zero-order valence-electron chi connectivity index (χ0n) is 10.3. The molecule has 2 aliphatic heterocycles. The average Bonchev–Trinajstić information content (AvgIpc) is 2.76. The van der Waals surface area contributed by atoms with E-state index in [0.717, 1.165) is 11.8 Å². The van der Waals surface area contributed by atoms with E-state index < -0.39 is 5.37 Å². The fraction of sp³-hybridized carbons (Fsp3) is 0.385. The Morgan fingerprint density at radius 1 is 1.11 bits per heavy atom. The van der Waals surface area contributed by atoms with Crippen LogP contribution < -0.4 is 4.90 Å². The molecule has 1 aromatic carbocycles. The molecule has 1 aromatic rings. The van der Waals surface area contributed by atoms with Gasteiger partial charge in [0, 0.05) is 13.1 Å². The predicted octanol–water partition coefficient (Wildman–Crippen LogP) is 1.54. The number of hydrogen-bond donors (Lipinski definition) is 0. The number of anilines is 1. The first-order chi connectivity index (χ1) is 9.27. The minimum absolute atomic E-state index is 0.150. The Bertz CT molecular complexity index is 488. The molecule has 2 saturated heterocycles. The molecule has 0 radical (unpaired) electrons. The van der Waals surface area contributed by atoms with Gasteiger partial charge in [-0.3, -0.25) is 14.5 Å². The summed E-state index contributed by atoms with van der Waals surface area (Å²) in [7, 11) is 0. The zero-order chi connectivity index (χ0) is 13.2. The molecule has 0 aromatic heterocycles. The number of nitrogens with zero attached hydrogens (tertiary/aromatic N) is 2. The van der Waals surface area contributed by atoms with Gasteiger partial charge in [0.1, 0.15) is 5.37 Å². The highest BCUT2D eigenvalue weighted by atomic mass is 32.2. The van der Waals surface area contributed by atoms with Crippen molar-refractivity contribution in [2.75, 3.05) is 31.2 Å². The van der Waals surface area contributed by atoms with E-state index in [1.807, 2.05) is 23.1 Å². The number of thioether (sulfide) groups is 1. The number of imide groups is 1. The maximum Gasteiger partial charge on any atom is 0.295 e. The molecule has 2 aliphatic rings. The summed E-state index contributed by atoms with van der Waals surface area (Å²) in [4.78, 5) is 27.7. The Morgan fingerprint density at radius 3 is 2.47 bits per heavy atom. The summed E-state index contributed by atoms with van der Waals surface area (Å²) in [6.45, 7) is 2.62. The second kappa shape index (κ2) is 5.32. The topological polar surface area (TPSA) is 49.9 Å². The lowest BCUT2D eigenvalue weighted by atomic mass is 10.3. The van der Waals surface area contributed by atoms with E-state index in [1.54, 1.807) is 12.1 Å². The molecule has 2 heterocycles. The molecule has 2 fully saturated rings. The van der Waals surface area contributed by atoms with Gasteiger partial charge in [0.15, 0.2) is 0 Å². The first kappa shape index (κ1) is 12.7. The molecule has 100 valence electrons. The summed E-state index contributed by atoms with van der Waals surface area (Å²) in [6.07, 6.45) is 0. The van der Waals surface area contributed by atoms with Crippen LogP contribution in [-0.2, 0) is 9.53 Å². The third-order valence-electron chi connectivity index (χ3n) is 3.22. The molecule has 0 N–H and O–H groups in total. The lowest BCUT2D eigenvalue weighted by Gasteiger charge is -2.29. The molecular formula is C13H14N2O3S. The van der Waals surface area contributed by atoms with Crippen LogP contribution in [-0.4, -0.2) is 47.7 Å². The van der Waals surface area contributed by atoms with Gasteiger partial charge in [-0.05, 0) is 23.9 Å². The Morgan fingerprint density at radius 2 is 1.79 bits per heavy atom. The van der Waals surface area contributed by atoms with Gasteiger partial charge in [-0.2, -0.15) is 0 Å². The molecule has 19 heavy (non-hydrogen) atoms. The summed E-state index contributed by atoms with van der Waals surface area (Å²) in [5.74, 6) is -0.150. The Labute approximate surface area is 115 Å². The number of morpholine rings is 1. The Hall–Kier alpha value is -1.37. The van der Waals surface area contributed by atoms with E-state index in [9.17, 15) is 9.59 Å². The second-order valence-electron chi connectivity index (χ2n) is 4.39. The van der Waals surface area contributed by atoms with E-state index in [1.165, 1.54) is 4.90 Å². The number of hydrogen-bond acceptors (Lipinski definition) is 5.